The highest BCUT2D eigenvalue weighted by Crippen LogP contribution is 2.16. The van der Waals surface area contributed by atoms with Gasteiger partial charge in [-0.1, -0.05) is 12.1 Å². The fourth-order valence-electron chi connectivity index (χ4n) is 3.19. The molecule has 116 valence electrons. The molecule has 0 radical (unpaired) electrons. The van der Waals surface area contributed by atoms with Gasteiger partial charge in [0.25, 0.3) is 0 Å². The van der Waals surface area contributed by atoms with E-state index < -0.39 is 0 Å². The Labute approximate surface area is 128 Å². The van der Waals surface area contributed by atoms with Gasteiger partial charge in [-0.15, -0.1) is 0 Å². The average Bonchev–Trinajstić information content (AvgIpc) is 2.46. The van der Waals surface area contributed by atoms with Crippen molar-refractivity contribution in [1.29, 1.82) is 0 Å². The molecule has 0 amide bonds. The molecule has 1 aromatic rings. The molecule has 0 atom stereocenters. The van der Waals surface area contributed by atoms with E-state index in [1.54, 1.807) is 0 Å². The average molecular weight is 289 g/mol. The normalized spacial score (nSPS) is 21.2. The van der Waals surface area contributed by atoms with Crippen LogP contribution in [0.15, 0.2) is 24.3 Å². The van der Waals surface area contributed by atoms with Crippen molar-refractivity contribution in [2.75, 3.05) is 52.4 Å². The van der Waals surface area contributed by atoms with Crippen molar-refractivity contribution in [2.45, 2.75) is 19.4 Å². The van der Waals surface area contributed by atoms with Crippen LogP contribution < -0.4 is 10.1 Å². The van der Waals surface area contributed by atoms with Gasteiger partial charge in [-0.3, -0.25) is 9.80 Å². The second-order valence-electron chi connectivity index (χ2n) is 6.22. The molecular weight excluding hydrogens is 262 g/mol. The van der Waals surface area contributed by atoms with Crippen molar-refractivity contribution in [3.05, 3.63) is 29.8 Å². The quantitative estimate of drug-likeness (QED) is 0.800. The second-order valence-corrected chi connectivity index (χ2v) is 6.22. The van der Waals surface area contributed by atoms with E-state index in [0.29, 0.717) is 0 Å². The second kappa shape index (κ2) is 7.25. The molecule has 0 aromatic heterocycles. The number of rotatable bonds is 6. The standard InChI is InChI=1S/C17H27N3O/c1-15-4-2-5-17(12-15)21-11-3-8-19-13-16(14-19)20-9-6-18-7-10-20/h2,4-5,12,16,18H,3,6-11,13-14H2,1H3. The monoisotopic (exact) mass is 289 g/mol. The molecule has 0 saturated carbocycles. The van der Waals surface area contributed by atoms with Crippen molar-refractivity contribution < 1.29 is 4.74 Å². The lowest BCUT2D eigenvalue weighted by atomic mass is 10.1. The molecule has 2 aliphatic rings. The minimum atomic E-state index is 0.796. The predicted octanol–water partition coefficient (Wildman–Crippen LogP) is 1.35. The zero-order chi connectivity index (χ0) is 14.5. The maximum atomic E-state index is 5.80. The smallest absolute Gasteiger partial charge is 0.119 e. The van der Waals surface area contributed by atoms with Gasteiger partial charge in [-0.2, -0.15) is 0 Å². The molecule has 2 heterocycles. The van der Waals surface area contributed by atoms with Crippen LogP contribution in [-0.4, -0.2) is 68.3 Å². The minimum absolute atomic E-state index is 0.796. The number of nitrogens with zero attached hydrogens (tertiary/aromatic N) is 2. The largest absolute Gasteiger partial charge is 0.494 e. The van der Waals surface area contributed by atoms with Crippen molar-refractivity contribution in [3.8, 4) is 5.75 Å². The van der Waals surface area contributed by atoms with Crippen molar-refractivity contribution in [1.82, 2.24) is 15.1 Å². The third kappa shape index (κ3) is 4.19. The van der Waals surface area contributed by atoms with Gasteiger partial charge < -0.3 is 10.1 Å². The van der Waals surface area contributed by atoms with Crippen LogP contribution in [0.2, 0.25) is 0 Å². The molecule has 21 heavy (non-hydrogen) atoms. The van der Waals surface area contributed by atoms with Crippen molar-refractivity contribution in [2.24, 2.45) is 0 Å². The van der Waals surface area contributed by atoms with Crippen LogP contribution in [0.1, 0.15) is 12.0 Å². The van der Waals surface area contributed by atoms with Gasteiger partial charge in [-0.25, -0.2) is 0 Å². The first-order chi connectivity index (χ1) is 10.3. The number of nitrogens with one attached hydrogen (secondary N) is 1. The first-order valence-corrected chi connectivity index (χ1v) is 8.18. The van der Waals surface area contributed by atoms with Crippen LogP contribution in [-0.2, 0) is 0 Å². The third-order valence-electron chi connectivity index (χ3n) is 4.48. The maximum Gasteiger partial charge on any atom is 0.119 e. The van der Waals surface area contributed by atoms with Crippen LogP contribution in [0.5, 0.6) is 5.75 Å². The molecule has 0 bridgehead atoms. The summed E-state index contributed by atoms with van der Waals surface area (Å²) < 4.78 is 5.80. The number of aryl methyl sites for hydroxylation is 1. The summed E-state index contributed by atoms with van der Waals surface area (Å²) in [4.78, 5) is 5.18. The van der Waals surface area contributed by atoms with Crippen LogP contribution in [0.3, 0.4) is 0 Å². The summed E-state index contributed by atoms with van der Waals surface area (Å²) in [5, 5.41) is 3.42. The molecular formula is C17H27N3O. The molecule has 0 unspecified atom stereocenters. The molecule has 1 N–H and O–H groups in total. The Bertz CT molecular complexity index is 439. The van der Waals surface area contributed by atoms with Gasteiger partial charge in [0.05, 0.1) is 6.61 Å². The van der Waals surface area contributed by atoms with E-state index >= 15 is 0 Å². The number of hydrogen-bond acceptors (Lipinski definition) is 4. The summed E-state index contributed by atoms with van der Waals surface area (Å²) in [5.74, 6) is 0.998. The predicted molar refractivity (Wildman–Crippen MR) is 86.0 cm³/mol. The van der Waals surface area contributed by atoms with Crippen LogP contribution in [0, 0.1) is 6.92 Å². The van der Waals surface area contributed by atoms with Crippen LogP contribution in [0.4, 0.5) is 0 Å². The first kappa shape index (κ1) is 14.8. The molecule has 0 aliphatic carbocycles. The Morgan fingerprint density at radius 1 is 1.24 bits per heavy atom. The third-order valence-corrected chi connectivity index (χ3v) is 4.48. The van der Waals surface area contributed by atoms with E-state index in [4.69, 9.17) is 4.74 Å². The molecule has 2 aliphatic heterocycles. The topological polar surface area (TPSA) is 27.7 Å². The molecule has 4 nitrogen and oxygen atoms in total. The molecule has 3 rings (SSSR count). The van der Waals surface area contributed by atoms with Crippen molar-refractivity contribution in [3.63, 3.8) is 0 Å². The number of piperazine rings is 1. The first-order valence-electron chi connectivity index (χ1n) is 8.18. The molecule has 2 saturated heterocycles. The maximum absolute atomic E-state index is 5.80. The molecule has 2 fully saturated rings. The number of ether oxygens (including phenoxy) is 1. The Balaban J connectivity index is 1.27. The zero-order valence-corrected chi connectivity index (χ0v) is 13.1. The zero-order valence-electron chi connectivity index (χ0n) is 13.1. The summed E-state index contributed by atoms with van der Waals surface area (Å²) >= 11 is 0. The Morgan fingerprint density at radius 3 is 2.81 bits per heavy atom. The Kier molecular flexibility index (Phi) is 5.12. The summed E-state index contributed by atoms with van der Waals surface area (Å²) in [7, 11) is 0. The summed E-state index contributed by atoms with van der Waals surface area (Å²) in [6.45, 7) is 11.3. The SMILES string of the molecule is Cc1cccc(OCCCN2CC(N3CCNCC3)C2)c1. The fraction of sp³-hybridized carbons (Fsp3) is 0.647. The Hall–Kier alpha value is -1.10. The van der Waals surface area contributed by atoms with E-state index in [9.17, 15) is 0 Å². The summed E-state index contributed by atoms with van der Waals surface area (Å²) in [6.07, 6.45) is 1.11. The number of hydrogen-bond donors (Lipinski definition) is 1. The van der Waals surface area contributed by atoms with Crippen LogP contribution in [0.25, 0.3) is 0 Å². The van der Waals surface area contributed by atoms with E-state index in [1.807, 2.05) is 6.07 Å². The number of likely N-dealkylation sites (tertiary alicyclic amines) is 1. The van der Waals surface area contributed by atoms with E-state index in [1.165, 1.54) is 31.7 Å². The molecule has 0 spiro atoms. The van der Waals surface area contributed by atoms with Gasteiger partial charge in [0, 0.05) is 51.9 Å². The highest BCUT2D eigenvalue weighted by molar-refractivity contribution is 5.27. The van der Waals surface area contributed by atoms with E-state index in [-0.39, 0.29) is 0 Å². The molecule has 4 heteroatoms. The lowest BCUT2D eigenvalue weighted by Gasteiger charge is -2.46. The van der Waals surface area contributed by atoms with E-state index in [0.717, 1.165) is 44.5 Å². The van der Waals surface area contributed by atoms with Crippen molar-refractivity contribution >= 4 is 0 Å². The van der Waals surface area contributed by atoms with Gasteiger partial charge in [0.15, 0.2) is 0 Å². The summed E-state index contributed by atoms with van der Waals surface area (Å²) in [6, 6.07) is 9.09. The highest BCUT2D eigenvalue weighted by atomic mass is 16.5. The van der Waals surface area contributed by atoms with Crippen LogP contribution >= 0.6 is 0 Å². The Morgan fingerprint density at radius 2 is 2.05 bits per heavy atom. The lowest BCUT2D eigenvalue weighted by Crippen LogP contribution is -2.62. The summed E-state index contributed by atoms with van der Waals surface area (Å²) in [5.41, 5.74) is 1.26. The minimum Gasteiger partial charge on any atom is -0.494 e. The molecule has 1 aromatic carbocycles. The number of benzene rings is 1. The van der Waals surface area contributed by atoms with Gasteiger partial charge in [-0.05, 0) is 31.0 Å². The van der Waals surface area contributed by atoms with E-state index in [2.05, 4.69) is 40.2 Å². The highest BCUT2D eigenvalue weighted by Gasteiger charge is 2.31. The lowest BCUT2D eigenvalue weighted by molar-refractivity contribution is 0.0248. The van der Waals surface area contributed by atoms with Gasteiger partial charge in [0.1, 0.15) is 5.75 Å². The van der Waals surface area contributed by atoms with Gasteiger partial charge in [0.2, 0.25) is 0 Å². The fourth-order valence-corrected chi connectivity index (χ4v) is 3.19. The van der Waals surface area contributed by atoms with Gasteiger partial charge >= 0.3 is 0 Å².